The molecule has 3 N–H and O–H groups in total. The first-order valence-corrected chi connectivity index (χ1v) is 13.1. The number of ether oxygens (including phenoxy) is 1. The van der Waals surface area contributed by atoms with Gasteiger partial charge < -0.3 is 15.6 Å². The molecule has 44 heavy (non-hydrogen) atoms. The fourth-order valence-corrected chi connectivity index (χ4v) is 4.62. The van der Waals surface area contributed by atoms with Gasteiger partial charge >= 0.3 is 12.5 Å². The molecule has 0 aliphatic heterocycles. The SMILES string of the molecule is Cc1cc(C(F)(F)F)nn1-c1ccc(-c2cccc(C(C)(C)C(N)O)c2)cc1-n1nncc1-c1ccc(OC(F)(F)F)cc1. The van der Waals surface area contributed by atoms with E-state index in [0.717, 1.165) is 28.4 Å². The van der Waals surface area contributed by atoms with Crippen LogP contribution in [0.15, 0.2) is 79.0 Å². The van der Waals surface area contributed by atoms with Gasteiger partial charge in [-0.1, -0.05) is 49.4 Å². The highest BCUT2D eigenvalue weighted by atomic mass is 19.4. The third-order valence-electron chi connectivity index (χ3n) is 7.22. The minimum atomic E-state index is -4.87. The van der Waals surface area contributed by atoms with Crippen LogP contribution >= 0.6 is 0 Å². The fraction of sp³-hybridized carbons (Fsp3) is 0.233. The van der Waals surface area contributed by atoms with Gasteiger partial charge in [-0.2, -0.15) is 18.3 Å². The van der Waals surface area contributed by atoms with Crippen molar-refractivity contribution in [3.8, 4) is 39.5 Å². The van der Waals surface area contributed by atoms with Gasteiger partial charge in [0, 0.05) is 16.7 Å². The number of benzene rings is 3. The Morgan fingerprint density at radius 2 is 1.48 bits per heavy atom. The number of rotatable bonds is 7. The van der Waals surface area contributed by atoms with Gasteiger partial charge in [0.1, 0.15) is 12.0 Å². The van der Waals surface area contributed by atoms with Crippen molar-refractivity contribution >= 4 is 0 Å². The summed E-state index contributed by atoms with van der Waals surface area (Å²) in [5, 5.41) is 22.1. The first-order valence-electron chi connectivity index (χ1n) is 13.1. The fourth-order valence-electron chi connectivity index (χ4n) is 4.62. The van der Waals surface area contributed by atoms with Crippen LogP contribution in [-0.4, -0.2) is 42.5 Å². The number of aliphatic hydroxyl groups is 1. The Morgan fingerprint density at radius 3 is 2.09 bits per heavy atom. The highest BCUT2D eigenvalue weighted by Crippen LogP contribution is 2.35. The van der Waals surface area contributed by atoms with Crippen molar-refractivity contribution < 1.29 is 36.2 Å². The maximum absolute atomic E-state index is 13.6. The number of aryl methyl sites for hydroxylation is 1. The third kappa shape index (κ3) is 6.17. The van der Waals surface area contributed by atoms with Crippen LogP contribution in [0.2, 0.25) is 0 Å². The molecule has 5 rings (SSSR count). The summed E-state index contributed by atoms with van der Waals surface area (Å²) in [5.74, 6) is -0.430. The average Bonchev–Trinajstić information content (AvgIpc) is 3.59. The molecule has 0 aliphatic carbocycles. The Hall–Kier alpha value is -4.69. The predicted octanol–water partition coefficient (Wildman–Crippen LogP) is 6.57. The summed E-state index contributed by atoms with van der Waals surface area (Å²) in [6, 6.07) is 18.2. The van der Waals surface area contributed by atoms with Crippen LogP contribution in [0.3, 0.4) is 0 Å². The van der Waals surface area contributed by atoms with Crippen molar-refractivity contribution in [3.63, 3.8) is 0 Å². The normalized spacial score (nSPS) is 13.2. The van der Waals surface area contributed by atoms with Gasteiger partial charge in [-0.25, -0.2) is 9.36 Å². The van der Waals surface area contributed by atoms with Crippen LogP contribution in [0, 0.1) is 6.92 Å². The number of alkyl halides is 6. The van der Waals surface area contributed by atoms with Crippen molar-refractivity contribution in [3.05, 3.63) is 95.9 Å². The van der Waals surface area contributed by atoms with Gasteiger partial charge in [0.2, 0.25) is 0 Å². The van der Waals surface area contributed by atoms with Crippen LogP contribution < -0.4 is 10.5 Å². The Balaban J connectivity index is 1.67. The minimum absolute atomic E-state index is 0.197. The lowest BCUT2D eigenvalue weighted by Crippen LogP contribution is -2.40. The summed E-state index contributed by atoms with van der Waals surface area (Å²) in [5.41, 5.74) is 7.50. The molecule has 5 aromatic rings. The molecule has 0 amide bonds. The molecular formula is C30H26F6N6O2. The van der Waals surface area contributed by atoms with Gasteiger partial charge in [-0.05, 0) is 66.1 Å². The van der Waals surface area contributed by atoms with Crippen molar-refractivity contribution in [1.82, 2.24) is 24.8 Å². The average molecular weight is 617 g/mol. The standard InChI is InChI=1S/C30H26F6N6O2/c1-17-13-26(29(31,32)33)39-41(17)23-12-9-20(19-5-4-6-21(14-19)28(2,3)27(37)43)15-24(23)42-25(16-38-40-42)18-7-10-22(11-8-18)44-30(34,35)36/h4-16,27,43H,37H2,1-3H3. The first-order chi connectivity index (χ1) is 20.5. The van der Waals surface area contributed by atoms with E-state index in [1.54, 1.807) is 38.1 Å². The zero-order valence-corrected chi connectivity index (χ0v) is 23.5. The van der Waals surface area contributed by atoms with Crippen LogP contribution in [0.1, 0.15) is 30.8 Å². The highest BCUT2D eigenvalue weighted by molar-refractivity contribution is 5.73. The topological polar surface area (TPSA) is 104 Å². The quantitative estimate of drug-likeness (QED) is 0.158. The minimum Gasteiger partial charge on any atom is -0.406 e. The molecule has 1 atom stereocenters. The van der Waals surface area contributed by atoms with Gasteiger partial charge in [0.05, 0.1) is 23.3 Å². The second-order valence-electron chi connectivity index (χ2n) is 10.6. The van der Waals surface area contributed by atoms with E-state index in [1.807, 2.05) is 18.2 Å². The molecular weight excluding hydrogens is 590 g/mol. The largest absolute Gasteiger partial charge is 0.573 e. The predicted molar refractivity (Wildman–Crippen MR) is 149 cm³/mol. The molecule has 8 nitrogen and oxygen atoms in total. The van der Waals surface area contributed by atoms with E-state index < -0.39 is 35.6 Å². The molecule has 2 heterocycles. The number of aliphatic hydroxyl groups excluding tert-OH is 1. The van der Waals surface area contributed by atoms with E-state index >= 15 is 0 Å². The van der Waals surface area contributed by atoms with E-state index in [1.165, 1.54) is 29.9 Å². The molecule has 0 saturated carbocycles. The van der Waals surface area contributed by atoms with E-state index in [0.29, 0.717) is 22.4 Å². The lowest BCUT2D eigenvalue weighted by Gasteiger charge is -2.28. The van der Waals surface area contributed by atoms with Crippen molar-refractivity contribution in [2.75, 3.05) is 0 Å². The lowest BCUT2D eigenvalue weighted by atomic mass is 9.82. The van der Waals surface area contributed by atoms with Gasteiger partial charge in [0.25, 0.3) is 0 Å². The van der Waals surface area contributed by atoms with Crippen molar-refractivity contribution in [1.29, 1.82) is 0 Å². The summed E-state index contributed by atoms with van der Waals surface area (Å²) in [7, 11) is 0. The molecule has 1 unspecified atom stereocenters. The summed E-state index contributed by atoms with van der Waals surface area (Å²) in [6.07, 6.45) is -9.33. The number of aromatic nitrogens is 5. The zero-order chi connectivity index (χ0) is 32.0. The van der Waals surface area contributed by atoms with E-state index in [-0.39, 0.29) is 17.1 Å². The van der Waals surface area contributed by atoms with Crippen LogP contribution in [-0.2, 0) is 11.6 Å². The van der Waals surface area contributed by atoms with Gasteiger partial charge in [-0.15, -0.1) is 18.3 Å². The number of halogens is 6. The van der Waals surface area contributed by atoms with Crippen LogP contribution in [0.4, 0.5) is 26.3 Å². The molecule has 0 saturated heterocycles. The van der Waals surface area contributed by atoms with E-state index in [9.17, 15) is 31.4 Å². The molecule has 2 aromatic heterocycles. The molecule has 0 bridgehead atoms. The van der Waals surface area contributed by atoms with Crippen LogP contribution in [0.25, 0.3) is 33.8 Å². The lowest BCUT2D eigenvalue weighted by molar-refractivity contribution is -0.274. The molecule has 230 valence electrons. The molecule has 3 aromatic carbocycles. The second-order valence-corrected chi connectivity index (χ2v) is 10.6. The molecule has 0 aliphatic rings. The maximum atomic E-state index is 13.6. The van der Waals surface area contributed by atoms with Crippen molar-refractivity contribution in [2.45, 2.75) is 45.0 Å². The summed E-state index contributed by atoms with van der Waals surface area (Å²) >= 11 is 0. The maximum Gasteiger partial charge on any atom is 0.573 e. The molecule has 0 radical (unpaired) electrons. The Bertz CT molecular complexity index is 1790. The smallest absolute Gasteiger partial charge is 0.406 e. The monoisotopic (exact) mass is 616 g/mol. The summed E-state index contributed by atoms with van der Waals surface area (Å²) in [4.78, 5) is 0. The number of nitrogens with zero attached hydrogens (tertiary/aromatic N) is 5. The molecule has 14 heteroatoms. The number of hydrogen-bond acceptors (Lipinski definition) is 6. The zero-order valence-electron chi connectivity index (χ0n) is 23.5. The number of nitrogens with two attached hydrogens (primary N) is 1. The summed E-state index contributed by atoms with van der Waals surface area (Å²) in [6.45, 7) is 5.05. The van der Waals surface area contributed by atoms with E-state index in [4.69, 9.17) is 5.73 Å². The molecule has 0 spiro atoms. The highest BCUT2D eigenvalue weighted by Gasteiger charge is 2.35. The second kappa shape index (κ2) is 11.1. The first kappa shape index (κ1) is 30.8. The molecule has 0 fully saturated rings. The van der Waals surface area contributed by atoms with Gasteiger partial charge in [-0.3, -0.25) is 0 Å². The summed E-state index contributed by atoms with van der Waals surface area (Å²) < 4.78 is 85.2. The Kier molecular flexibility index (Phi) is 7.76. The third-order valence-corrected chi connectivity index (χ3v) is 7.22. The Labute approximate surface area is 247 Å². The Morgan fingerprint density at radius 1 is 0.818 bits per heavy atom. The van der Waals surface area contributed by atoms with Crippen molar-refractivity contribution in [2.24, 2.45) is 5.73 Å². The van der Waals surface area contributed by atoms with Crippen LogP contribution in [0.5, 0.6) is 5.75 Å². The number of hydrogen-bond donors (Lipinski definition) is 2. The van der Waals surface area contributed by atoms with Gasteiger partial charge in [0.15, 0.2) is 5.69 Å². The van der Waals surface area contributed by atoms with E-state index in [2.05, 4.69) is 20.1 Å².